The lowest BCUT2D eigenvalue weighted by Crippen LogP contribution is -2.53. The predicted octanol–water partition coefficient (Wildman–Crippen LogP) is 1.38. The first-order valence-corrected chi connectivity index (χ1v) is 10.5. The molecule has 0 aromatic heterocycles. The fourth-order valence-electron chi connectivity index (χ4n) is 3.79. The van der Waals surface area contributed by atoms with Gasteiger partial charge in [-0.3, -0.25) is 14.9 Å². The van der Waals surface area contributed by atoms with Crippen LogP contribution in [-0.4, -0.2) is 67.2 Å². The highest BCUT2D eigenvalue weighted by Crippen LogP contribution is 2.29. The maximum atomic E-state index is 13.0. The summed E-state index contributed by atoms with van der Waals surface area (Å²) in [5.41, 5.74) is -0.286. The first-order valence-electron chi connectivity index (χ1n) is 9.07. The third-order valence-electron chi connectivity index (χ3n) is 5.27. The number of sulfonamides is 1. The lowest BCUT2D eigenvalue weighted by Gasteiger charge is -2.35. The second-order valence-corrected chi connectivity index (χ2v) is 8.83. The van der Waals surface area contributed by atoms with E-state index < -0.39 is 21.0 Å². The molecule has 2 aliphatic heterocycles. The number of carbonyl (C=O) groups is 1. The minimum Gasteiger partial charge on any atom is -0.340 e. The molecule has 1 aromatic rings. The molecule has 0 spiro atoms. The van der Waals surface area contributed by atoms with E-state index in [1.54, 1.807) is 4.90 Å². The van der Waals surface area contributed by atoms with Gasteiger partial charge < -0.3 is 10.2 Å². The topological polar surface area (TPSA) is 113 Å². The van der Waals surface area contributed by atoms with Crippen molar-refractivity contribution < 1.29 is 18.1 Å². The maximum Gasteiger partial charge on any atom is 0.270 e. The molecular formula is C17H25ClN4O5S. The van der Waals surface area contributed by atoms with E-state index in [2.05, 4.69) is 5.32 Å². The SMILES string of the molecule is CNC1CCCN(C(=O)C2CCCN2S(=O)(=O)c2cccc([N+](=O)[O-])c2)C1.Cl. The number of nitrogens with zero attached hydrogens (tertiary/aromatic N) is 3. The van der Waals surface area contributed by atoms with Gasteiger partial charge in [0.25, 0.3) is 5.69 Å². The van der Waals surface area contributed by atoms with Crippen molar-refractivity contribution in [3.63, 3.8) is 0 Å². The summed E-state index contributed by atoms with van der Waals surface area (Å²) in [4.78, 5) is 24.9. The fourth-order valence-corrected chi connectivity index (χ4v) is 5.48. The normalized spacial score (nSPS) is 23.2. The quantitative estimate of drug-likeness (QED) is 0.555. The predicted molar refractivity (Wildman–Crippen MR) is 106 cm³/mol. The Balaban J connectivity index is 0.00000280. The third kappa shape index (κ3) is 4.45. The minimum absolute atomic E-state index is 0. The van der Waals surface area contributed by atoms with Crippen LogP contribution in [0.25, 0.3) is 0 Å². The number of halogens is 1. The first-order chi connectivity index (χ1) is 12.8. The molecule has 3 rings (SSSR count). The summed E-state index contributed by atoms with van der Waals surface area (Å²) < 4.78 is 27.3. The molecule has 156 valence electrons. The molecule has 28 heavy (non-hydrogen) atoms. The van der Waals surface area contributed by atoms with E-state index in [9.17, 15) is 23.3 Å². The number of benzene rings is 1. The molecule has 2 unspecified atom stereocenters. The Hall–Kier alpha value is -1.75. The van der Waals surface area contributed by atoms with Gasteiger partial charge in [0.1, 0.15) is 6.04 Å². The summed E-state index contributed by atoms with van der Waals surface area (Å²) in [5, 5.41) is 14.1. The summed E-state index contributed by atoms with van der Waals surface area (Å²) in [7, 11) is -2.13. The van der Waals surface area contributed by atoms with E-state index >= 15 is 0 Å². The Kier molecular flexibility index (Phi) is 7.38. The Morgan fingerprint density at radius 2 is 1.96 bits per heavy atom. The number of rotatable bonds is 5. The highest BCUT2D eigenvalue weighted by Gasteiger charge is 2.42. The van der Waals surface area contributed by atoms with E-state index in [1.165, 1.54) is 22.5 Å². The number of carbonyl (C=O) groups excluding carboxylic acids is 1. The zero-order valence-corrected chi connectivity index (χ0v) is 17.2. The van der Waals surface area contributed by atoms with Crippen LogP contribution in [0.2, 0.25) is 0 Å². The molecule has 2 fully saturated rings. The number of hydrogen-bond donors (Lipinski definition) is 1. The van der Waals surface area contributed by atoms with Crippen molar-refractivity contribution >= 4 is 34.0 Å². The maximum absolute atomic E-state index is 13.0. The third-order valence-corrected chi connectivity index (χ3v) is 7.17. The van der Waals surface area contributed by atoms with Gasteiger partial charge in [-0.25, -0.2) is 8.42 Å². The van der Waals surface area contributed by atoms with Crippen LogP contribution < -0.4 is 5.32 Å². The highest BCUT2D eigenvalue weighted by molar-refractivity contribution is 7.89. The molecule has 1 N–H and O–H groups in total. The zero-order valence-electron chi connectivity index (χ0n) is 15.6. The van der Waals surface area contributed by atoms with Gasteiger partial charge in [0.15, 0.2) is 0 Å². The first kappa shape index (κ1) is 22.5. The standard InChI is InChI=1S/C17H24N4O5S.ClH/c1-18-13-5-3-9-19(12-13)17(22)16-8-4-10-20(16)27(25,26)15-7-2-6-14(11-15)21(23)24;/h2,6-7,11,13,16,18H,3-5,8-10,12H2,1H3;1H. The van der Waals surface area contributed by atoms with Crippen LogP contribution in [0.15, 0.2) is 29.2 Å². The molecule has 0 saturated carbocycles. The Labute approximate surface area is 170 Å². The van der Waals surface area contributed by atoms with Crippen molar-refractivity contribution in [1.29, 1.82) is 0 Å². The Morgan fingerprint density at radius 1 is 1.25 bits per heavy atom. The Morgan fingerprint density at radius 3 is 2.64 bits per heavy atom. The monoisotopic (exact) mass is 432 g/mol. The van der Waals surface area contributed by atoms with Crippen LogP contribution in [0.4, 0.5) is 5.69 Å². The number of likely N-dealkylation sites (tertiary alicyclic amines) is 1. The molecule has 0 aliphatic carbocycles. The van der Waals surface area contributed by atoms with Crippen LogP contribution >= 0.6 is 12.4 Å². The van der Waals surface area contributed by atoms with E-state index in [0.29, 0.717) is 25.9 Å². The number of amides is 1. The average molecular weight is 433 g/mol. The van der Waals surface area contributed by atoms with Crippen molar-refractivity contribution in [2.75, 3.05) is 26.7 Å². The van der Waals surface area contributed by atoms with Crippen molar-refractivity contribution in [1.82, 2.24) is 14.5 Å². The number of nitro benzene ring substituents is 1. The molecule has 0 bridgehead atoms. The molecule has 2 saturated heterocycles. The van der Waals surface area contributed by atoms with Gasteiger partial charge in [-0.15, -0.1) is 12.4 Å². The van der Waals surface area contributed by atoms with Crippen LogP contribution in [0.3, 0.4) is 0 Å². The van der Waals surface area contributed by atoms with Crippen LogP contribution in [0.5, 0.6) is 0 Å². The summed E-state index contributed by atoms with van der Waals surface area (Å²) in [6.07, 6.45) is 2.92. The summed E-state index contributed by atoms with van der Waals surface area (Å²) >= 11 is 0. The fraction of sp³-hybridized carbons (Fsp3) is 0.588. The smallest absolute Gasteiger partial charge is 0.270 e. The second-order valence-electron chi connectivity index (χ2n) is 6.94. The van der Waals surface area contributed by atoms with Crippen molar-refractivity contribution in [3.8, 4) is 0 Å². The summed E-state index contributed by atoms with van der Waals surface area (Å²) in [6.45, 7) is 1.43. The van der Waals surface area contributed by atoms with Gasteiger partial charge >= 0.3 is 0 Å². The number of likely N-dealkylation sites (N-methyl/N-ethyl adjacent to an activating group) is 1. The molecule has 2 heterocycles. The minimum atomic E-state index is -3.98. The lowest BCUT2D eigenvalue weighted by atomic mass is 10.0. The zero-order chi connectivity index (χ0) is 19.6. The van der Waals surface area contributed by atoms with Crippen LogP contribution in [-0.2, 0) is 14.8 Å². The van der Waals surface area contributed by atoms with Crippen molar-refractivity contribution in [2.24, 2.45) is 0 Å². The average Bonchev–Trinajstić information content (AvgIpc) is 3.18. The molecule has 0 radical (unpaired) electrons. The van der Waals surface area contributed by atoms with E-state index in [0.717, 1.165) is 18.9 Å². The van der Waals surface area contributed by atoms with Crippen molar-refractivity contribution in [3.05, 3.63) is 34.4 Å². The largest absolute Gasteiger partial charge is 0.340 e. The van der Waals surface area contributed by atoms with Gasteiger partial charge in [0, 0.05) is 37.8 Å². The van der Waals surface area contributed by atoms with Gasteiger partial charge in [-0.2, -0.15) is 4.31 Å². The number of nitrogens with one attached hydrogen (secondary N) is 1. The lowest BCUT2D eigenvalue weighted by molar-refractivity contribution is -0.385. The molecule has 1 amide bonds. The molecule has 2 atom stereocenters. The van der Waals surface area contributed by atoms with Crippen LogP contribution in [0, 0.1) is 10.1 Å². The number of piperidine rings is 1. The highest BCUT2D eigenvalue weighted by atomic mass is 35.5. The molecule has 11 heteroatoms. The Bertz CT molecular complexity index is 835. The van der Waals surface area contributed by atoms with Crippen molar-refractivity contribution in [2.45, 2.75) is 42.7 Å². The van der Waals surface area contributed by atoms with E-state index in [4.69, 9.17) is 0 Å². The number of nitro groups is 1. The van der Waals surface area contributed by atoms with E-state index in [-0.39, 0.29) is 41.5 Å². The number of non-ortho nitro benzene ring substituents is 1. The molecular weight excluding hydrogens is 408 g/mol. The number of hydrogen-bond acceptors (Lipinski definition) is 6. The van der Waals surface area contributed by atoms with Gasteiger partial charge in [0.2, 0.25) is 15.9 Å². The second kappa shape index (κ2) is 9.17. The van der Waals surface area contributed by atoms with Crippen LogP contribution in [0.1, 0.15) is 25.7 Å². The molecule has 9 nitrogen and oxygen atoms in total. The summed E-state index contributed by atoms with van der Waals surface area (Å²) in [5.74, 6) is -0.179. The van der Waals surface area contributed by atoms with Gasteiger partial charge in [-0.05, 0) is 38.8 Å². The van der Waals surface area contributed by atoms with Gasteiger partial charge in [-0.1, -0.05) is 6.07 Å². The van der Waals surface area contributed by atoms with E-state index in [1.807, 2.05) is 7.05 Å². The molecule has 1 aromatic carbocycles. The summed E-state index contributed by atoms with van der Waals surface area (Å²) in [6, 6.07) is 4.45. The van der Waals surface area contributed by atoms with Gasteiger partial charge in [0.05, 0.1) is 9.82 Å². The molecule has 2 aliphatic rings.